The normalized spacial score (nSPS) is 11.5. The molecule has 1 heterocycles. The summed E-state index contributed by atoms with van der Waals surface area (Å²) in [6.45, 7) is 2.90. The Kier molecular flexibility index (Phi) is 7.21. The highest BCUT2D eigenvalue weighted by Crippen LogP contribution is 2.17. The van der Waals surface area contributed by atoms with Crippen LogP contribution in [0.2, 0.25) is 0 Å². The van der Waals surface area contributed by atoms with E-state index in [1.807, 2.05) is 0 Å². The van der Waals surface area contributed by atoms with E-state index in [0.29, 0.717) is 4.88 Å². The summed E-state index contributed by atoms with van der Waals surface area (Å²) in [6.07, 6.45) is 0. The minimum Gasteiger partial charge on any atom is -0.454 e. The van der Waals surface area contributed by atoms with Crippen molar-refractivity contribution >= 4 is 40.5 Å². The maximum absolute atomic E-state index is 12.3. The van der Waals surface area contributed by atoms with Gasteiger partial charge in [-0.25, -0.2) is 4.79 Å². The number of anilines is 1. The van der Waals surface area contributed by atoms with Gasteiger partial charge < -0.3 is 15.4 Å². The predicted molar refractivity (Wildman–Crippen MR) is 103 cm³/mol. The van der Waals surface area contributed by atoms with Gasteiger partial charge in [0, 0.05) is 17.8 Å². The smallest absolute Gasteiger partial charge is 0.329 e. The lowest BCUT2D eigenvalue weighted by Gasteiger charge is -2.20. The van der Waals surface area contributed by atoms with Crippen molar-refractivity contribution in [1.82, 2.24) is 5.32 Å². The summed E-state index contributed by atoms with van der Waals surface area (Å²) in [6, 6.07) is 7.83. The maximum atomic E-state index is 12.3. The summed E-state index contributed by atoms with van der Waals surface area (Å²) in [5, 5.41) is 17.5. The van der Waals surface area contributed by atoms with Gasteiger partial charge in [-0.3, -0.25) is 19.7 Å². The fourth-order valence-corrected chi connectivity index (χ4v) is 2.87. The topological polar surface area (TPSA) is 128 Å². The van der Waals surface area contributed by atoms with Gasteiger partial charge in [-0.05, 0) is 23.4 Å². The van der Waals surface area contributed by atoms with E-state index in [0.717, 1.165) is 0 Å². The molecule has 2 aromatic rings. The second-order valence-corrected chi connectivity index (χ2v) is 7.08. The summed E-state index contributed by atoms with van der Waals surface area (Å²) < 4.78 is 5.00. The number of nitro groups is 1. The number of carbonyl (C=O) groups excluding carboxylic acids is 3. The Balaban J connectivity index is 1.91. The Hall–Kier alpha value is -3.27. The molecule has 148 valence electrons. The van der Waals surface area contributed by atoms with E-state index < -0.39 is 35.4 Å². The van der Waals surface area contributed by atoms with Crippen molar-refractivity contribution in [1.29, 1.82) is 0 Å². The molecule has 2 N–H and O–H groups in total. The van der Waals surface area contributed by atoms with Crippen molar-refractivity contribution in [2.24, 2.45) is 5.92 Å². The number of ether oxygens (including phenoxy) is 1. The molecule has 0 aliphatic carbocycles. The van der Waals surface area contributed by atoms with Crippen LogP contribution in [0.5, 0.6) is 0 Å². The van der Waals surface area contributed by atoms with Crippen LogP contribution in [0, 0.1) is 16.0 Å². The lowest BCUT2D eigenvalue weighted by molar-refractivity contribution is -0.384. The molecule has 0 unspecified atom stereocenters. The number of thiophene rings is 1. The van der Waals surface area contributed by atoms with Crippen molar-refractivity contribution in [3.63, 3.8) is 0 Å². The Morgan fingerprint density at radius 2 is 1.96 bits per heavy atom. The fourth-order valence-electron chi connectivity index (χ4n) is 2.24. The van der Waals surface area contributed by atoms with Crippen LogP contribution in [0.25, 0.3) is 0 Å². The highest BCUT2D eigenvalue weighted by atomic mass is 32.1. The Bertz CT molecular complexity index is 866. The van der Waals surface area contributed by atoms with Gasteiger partial charge in [0.05, 0.1) is 9.80 Å². The van der Waals surface area contributed by atoms with E-state index in [2.05, 4.69) is 10.6 Å². The first-order valence-corrected chi connectivity index (χ1v) is 9.21. The number of amides is 2. The second kappa shape index (κ2) is 9.60. The first-order chi connectivity index (χ1) is 13.3. The van der Waals surface area contributed by atoms with E-state index in [1.165, 1.54) is 35.6 Å². The summed E-state index contributed by atoms with van der Waals surface area (Å²) in [7, 11) is 0. The highest BCUT2D eigenvalue weighted by molar-refractivity contribution is 7.12. The van der Waals surface area contributed by atoms with Crippen LogP contribution >= 0.6 is 11.3 Å². The van der Waals surface area contributed by atoms with Crippen LogP contribution in [-0.2, 0) is 14.3 Å². The molecule has 0 aliphatic heterocycles. The van der Waals surface area contributed by atoms with Crippen LogP contribution in [0.15, 0.2) is 41.8 Å². The number of carbonyl (C=O) groups is 3. The molecule has 0 radical (unpaired) electrons. The molecule has 1 atom stereocenters. The van der Waals surface area contributed by atoms with Gasteiger partial charge in [-0.1, -0.05) is 26.0 Å². The minimum atomic E-state index is -0.916. The first-order valence-electron chi connectivity index (χ1n) is 8.33. The van der Waals surface area contributed by atoms with Crippen molar-refractivity contribution < 1.29 is 24.0 Å². The van der Waals surface area contributed by atoms with Crippen LogP contribution in [0.1, 0.15) is 23.5 Å². The van der Waals surface area contributed by atoms with Crippen LogP contribution < -0.4 is 10.6 Å². The number of esters is 1. The predicted octanol–water partition coefficient (Wildman–Crippen LogP) is 2.59. The largest absolute Gasteiger partial charge is 0.454 e. The Labute approximate surface area is 164 Å². The highest BCUT2D eigenvalue weighted by Gasteiger charge is 2.27. The summed E-state index contributed by atoms with van der Waals surface area (Å²) in [4.78, 5) is 47.0. The van der Waals surface area contributed by atoms with E-state index in [1.54, 1.807) is 31.4 Å². The van der Waals surface area contributed by atoms with Gasteiger partial charge in [0.25, 0.3) is 17.5 Å². The molecule has 0 spiro atoms. The second-order valence-electron chi connectivity index (χ2n) is 6.14. The maximum Gasteiger partial charge on any atom is 0.329 e. The van der Waals surface area contributed by atoms with Crippen molar-refractivity contribution in [3.05, 3.63) is 56.8 Å². The van der Waals surface area contributed by atoms with Crippen molar-refractivity contribution in [2.75, 3.05) is 11.9 Å². The third-order valence-corrected chi connectivity index (χ3v) is 4.51. The summed E-state index contributed by atoms with van der Waals surface area (Å²) >= 11 is 1.24. The van der Waals surface area contributed by atoms with Crippen LogP contribution in [-0.4, -0.2) is 35.4 Å². The SMILES string of the molecule is CC(C)[C@@H](NC(=O)c1cccs1)C(=O)OCC(=O)Nc1cccc([N+](=O)[O-])c1. The number of benzene rings is 1. The Morgan fingerprint density at radius 1 is 1.21 bits per heavy atom. The average molecular weight is 405 g/mol. The number of hydrogen-bond donors (Lipinski definition) is 2. The molecule has 1 aromatic heterocycles. The van der Waals surface area contributed by atoms with Crippen molar-refractivity contribution in [3.8, 4) is 0 Å². The van der Waals surface area contributed by atoms with Gasteiger partial charge in [-0.15, -0.1) is 11.3 Å². The molecule has 0 saturated heterocycles. The zero-order valence-electron chi connectivity index (χ0n) is 15.2. The standard InChI is InChI=1S/C18H19N3O6S/c1-11(2)16(20-17(23)14-7-4-8-28-14)18(24)27-10-15(22)19-12-5-3-6-13(9-12)21(25)26/h3-9,11,16H,10H2,1-2H3,(H,19,22)(H,20,23)/t16-/m1/s1. The van der Waals surface area contributed by atoms with E-state index in [9.17, 15) is 24.5 Å². The molecule has 28 heavy (non-hydrogen) atoms. The first kappa shape index (κ1) is 21.0. The lowest BCUT2D eigenvalue weighted by Crippen LogP contribution is -2.45. The molecular formula is C18H19N3O6S. The molecule has 0 aliphatic rings. The fraction of sp³-hybridized carbons (Fsp3) is 0.278. The molecule has 2 rings (SSSR count). The van der Waals surface area contributed by atoms with Crippen LogP contribution in [0.3, 0.4) is 0 Å². The minimum absolute atomic E-state index is 0.175. The number of non-ortho nitro benzene ring substituents is 1. The van der Waals surface area contributed by atoms with Crippen LogP contribution in [0.4, 0.5) is 11.4 Å². The van der Waals surface area contributed by atoms with Gasteiger partial charge >= 0.3 is 5.97 Å². The quantitative estimate of drug-likeness (QED) is 0.395. The van der Waals surface area contributed by atoms with Gasteiger partial charge in [0.15, 0.2) is 6.61 Å². The number of nitrogens with zero attached hydrogens (tertiary/aromatic N) is 1. The van der Waals surface area contributed by atoms with E-state index in [-0.39, 0.29) is 17.3 Å². The number of nitro benzene ring substituents is 1. The number of nitrogens with one attached hydrogen (secondary N) is 2. The third-order valence-electron chi connectivity index (χ3n) is 3.64. The third kappa shape index (κ3) is 5.88. The molecule has 0 saturated carbocycles. The molecule has 0 fully saturated rings. The van der Waals surface area contributed by atoms with Gasteiger partial charge in [0.2, 0.25) is 0 Å². The Morgan fingerprint density at radius 3 is 2.57 bits per heavy atom. The zero-order valence-corrected chi connectivity index (χ0v) is 16.0. The van der Waals surface area contributed by atoms with E-state index >= 15 is 0 Å². The van der Waals surface area contributed by atoms with Crippen molar-refractivity contribution in [2.45, 2.75) is 19.9 Å². The number of hydrogen-bond acceptors (Lipinski definition) is 7. The molecule has 0 bridgehead atoms. The summed E-state index contributed by atoms with van der Waals surface area (Å²) in [5.41, 5.74) is 0.0348. The monoisotopic (exact) mass is 405 g/mol. The lowest BCUT2D eigenvalue weighted by atomic mass is 10.0. The zero-order chi connectivity index (χ0) is 20.7. The molecule has 2 amide bonds. The van der Waals surface area contributed by atoms with Gasteiger partial charge in [-0.2, -0.15) is 0 Å². The average Bonchev–Trinajstić information content (AvgIpc) is 3.18. The molecular weight excluding hydrogens is 386 g/mol. The van der Waals surface area contributed by atoms with E-state index in [4.69, 9.17) is 4.74 Å². The molecule has 9 nitrogen and oxygen atoms in total. The molecule has 10 heteroatoms. The summed E-state index contributed by atoms with van der Waals surface area (Å²) in [5.74, 6) is -2.04. The van der Waals surface area contributed by atoms with Gasteiger partial charge in [0.1, 0.15) is 6.04 Å². The molecule has 1 aromatic carbocycles. The number of rotatable bonds is 8.